The number of alkyl halides is 3. The van der Waals surface area contributed by atoms with Crippen molar-refractivity contribution in [1.82, 2.24) is 0 Å². The van der Waals surface area contributed by atoms with E-state index >= 15 is 0 Å². The molecule has 21 heavy (non-hydrogen) atoms. The topological polar surface area (TPSA) is 26.3 Å². The van der Waals surface area contributed by atoms with Gasteiger partial charge in [0, 0.05) is 16.0 Å². The molecule has 0 radical (unpaired) electrons. The van der Waals surface area contributed by atoms with Crippen molar-refractivity contribution in [3.63, 3.8) is 0 Å². The Morgan fingerprint density at radius 1 is 1.05 bits per heavy atom. The molecule has 3 rings (SSSR count). The number of fused-ring (bicyclic) bond motifs is 2. The van der Waals surface area contributed by atoms with Crippen molar-refractivity contribution in [1.29, 1.82) is 0 Å². The van der Waals surface area contributed by atoms with Gasteiger partial charge in [-0.25, -0.2) is 0 Å². The van der Waals surface area contributed by atoms with E-state index in [1.165, 1.54) is 0 Å². The van der Waals surface area contributed by atoms with E-state index < -0.39 is 3.12 Å². The highest BCUT2D eigenvalue weighted by Crippen LogP contribution is 2.44. The number of carbonyl (C=O) groups excluding carboxylic acids is 1. The molecule has 0 fully saturated rings. The van der Waals surface area contributed by atoms with Gasteiger partial charge >= 0.3 is 0 Å². The molecule has 1 aliphatic heterocycles. The van der Waals surface area contributed by atoms with Crippen molar-refractivity contribution < 1.29 is 9.53 Å². The number of thioether (sulfide) groups is 1. The minimum Gasteiger partial charge on any atom is -0.488 e. The summed E-state index contributed by atoms with van der Waals surface area (Å²) in [5, 5.41) is 0. The highest BCUT2D eigenvalue weighted by molar-refractivity contribution is 8.04. The van der Waals surface area contributed by atoms with Crippen LogP contribution < -0.4 is 4.74 Å². The van der Waals surface area contributed by atoms with Crippen LogP contribution in [0.15, 0.2) is 47.4 Å². The van der Waals surface area contributed by atoms with Crippen molar-refractivity contribution in [2.24, 2.45) is 0 Å². The van der Waals surface area contributed by atoms with Gasteiger partial charge in [-0.3, -0.25) is 4.79 Å². The van der Waals surface area contributed by atoms with E-state index in [9.17, 15) is 4.79 Å². The van der Waals surface area contributed by atoms with Crippen LogP contribution in [-0.4, -0.2) is 8.91 Å². The van der Waals surface area contributed by atoms with E-state index in [0.29, 0.717) is 28.4 Å². The molecule has 0 aliphatic carbocycles. The Kier molecular flexibility index (Phi) is 4.10. The molecule has 0 saturated heterocycles. The second-order valence-corrected chi connectivity index (χ2v) is 8.72. The first-order chi connectivity index (χ1) is 9.94. The van der Waals surface area contributed by atoms with Gasteiger partial charge in [0.05, 0.1) is 5.56 Å². The average Bonchev–Trinajstić information content (AvgIpc) is 2.56. The number of carbonyl (C=O) groups is 1. The summed E-state index contributed by atoms with van der Waals surface area (Å²) in [4.78, 5) is 13.4. The molecule has 6 heteroatoms. The third-order valence-corrected chi connectivity index (χ3v) is 4.49. The number of ether oxygens (including phenoxy) is 1. The number of hydrogen-bond donors (Lipinski definition) is 0. The van der Waals surface area contributed by atoms with Gasteiger partial charge in [-0.1, -0.05) is 70.8 Å². The van der Waals surface area contributed by atoms with Crippen LogP contribution in [0.3, 0.4) is 0 Å². The Bertz CT molecular complexity index is 710. The lowest BCUT2D eigenvalue weighted by Crippen LogP contribution is -2.03. The van der Waals surface area contributed by atoms with Gasteiger partial charge in [-0.15, -0.1) is 0 Å². The fraction of sp³-hybridized carbons (Fsp3) is 0.133. The predicted octanol–water partition coefficient (Wildman–Crippen LogP) is 5.23. The highest BCUT2D eigenvalue weighted by Gasteiger charge is 2.25. The van der Waals surface area contributed by atoms with Crippen molar-refractivity contribution >= 4 is 52.3 Å². The molecule has 2 nitrogen and oxygen atoms in total. The van der Waals surface area contributed by atoms with Crippen LogP contribution in [0.25, 0.3) is 0 Å². The van der Waals surface area contributed by atoms with E-state index in [4.69, 9.17) is 39.5 Å². The number of halogens is 3. The van der Waals surface area contributed by atoms with Crippen molar-refractivity contribution in [2.45, 2.75) is 14.6 Å². The summed E-state index contributed by atoms with van der Waals surface area (Å²) < 4.78 is 4.23. The predicted molar refractivity (Wildman–Crippen MR) is 86.8 cm³/mol. The molecular formula is C15H9Cl3O2S. The number of ketones is 1. The zero-order valence-corrected chi connectivity index (χ0v) is 13.7. The lowest BCUT2D eigenvalue weighted by Gasteiger charge is -2.12. The highest BCUT2D eigenvalue weighted by atomic mass is 35.6. The Hall–Kier alpha value is -0.870. The van der Waals surface area contributed by atoms with E-state index in [1.807, 2.05) is 18.2 Å². The molecular weight excluding hydrogens is 351 g/mol. The fourth-order valence-corrected chi connectivity index (χ4v) is 3.56. The van der Waals surface area contributed by atoms with Crippen LogP contribution in [0.2, 0.25) is 0 Å². The fourth-order valence-electron chi connectivity index (χ4n) is 2.18. The second-order valence-electron chi connectivity index (χ2n) is 4.48. The molecule has 0 atom stereocenters. The van der Waals surface area contributed by atoms with Crippen molar-refractivity contribution in [2.75, 3.05) is 0 Å². The van der Waals surface area contributed by atoms with Gasteiger partial charge in [-0.2, -0.15) is 0 Å². The number of rotatable bonds is 1. The van der Waals surface area contributed by atoms with Crippen molar-refractivity contribution in [3.8, 4) is 5.75 Å². The Balaban J connectivity index is 2.05. The first-order valence-corrected chi connectivity index (χ1v) is 8.04. The smallest absolute Gasteiger partial charge is 0.241 e. The zero-order chi connectivity index (χ0) is 15.0. The van der Waals surface area contributed by atoms with Crippen molar-refractivity contribution in [3.05, 3.63) is 59.2 Å². The van der Waals surface area contributed by atoms with E-state index in [1.54, 1.807) is 24.3 Å². The Morgan fingerprint density at radius 2 is 1.81 bits per heavy atom. The van der Waals surface area contributed by atoms with Crippen LogP contribution in [-0.2, 0) is 6.61 Å². The molecule has 0 saturated carbocycles. The third-order valence-electron chi connectivity index (χ3n) is 3.07. The molecule has 1 aliphatic rings. The summed E-state index contributed by atoms with van der Waals surface area (Å²) in [6.07, 6.45) is 0. The van der Waals surface area contributed by atoms with Gasteiger partial charge in [0.2, 0.25) is 3.12 Å². The zero-order valence-electron chi connectivity index (χ0n) is 10.6. The maximum absolute atomic E-state index is 12.7. The maximum atomic E-state index is 12.7. The molecule has 0 bridgehead atoms. The van der Waals surface area contributed by atoms with Gasteiger partial charge in [0.25, 0.3) is 0 Å². The first kappa shape index (κ1) is 15.0. The molecule has 2 aromatic carbocycles. The monoisotopic (exact) mass is 358 g/mol. The molecule has 0 aromatic heterocycles. The van der Waals surface area contributed by atoms with E-state index in [-0.39, 0.29) is 5.78 Å². The number of benzene rings is 2. The number of hydrogen-bond acceptors (Lipinski definition) is 3. The lowest BCUT2D eigenvalue weighted by atomic mass is 9.99. The van der Waals surface area contributed by atoms with Gasteiger partial charge in [0.15, 0.2) is 5.78 Å². The summed E-state index contributed by atoms with van der Waals surface area (Å²) in [5.41, 5.74) is 2.00. The summed E-state index contributed by atoms with van der Waals surface area (Å²) >= 11 is 18.4. The standard InChI is InChI=1S/C15H9Cl3O2S/c16-15(17,18)21-10-5-6-13-12(7-10)14(19)11-4-2-1-3-9(11)8-20-13/h1-7H,8H2. The van der Waals surface area contributed by atoms with Crippen LogP contribution in [0, 0.1) is 0 Å². The minimum absolute atomic E-state index is 0.0788. The Labute approximate surface area is 141 Å². The van der Waals surface area contributed by atoms with Gasteiger partial charge in [-0.05, 0) is 18.2 Å². The third kappa shape index (κ3) is 3.32. The summed E-state index contributed by atoms with van der Waals surface area (Å²) in [6.45, 7) is 0.367. The quantitative estimate of drug-likeness (QED) is 0.515. The summed E-state index contributed by atoms with van der Waals surface area (Å²) in [6, 6.07) is 12.6. The van der Waals surface area contributed by atoms with E-state index in [2.05, 4.69) is 0 Å². The summed E-state index contributed by atoms with van der Waals surface area (Å²) in [5.74, 6) is 0.467. The van der Waals surface area contributed by atoms with Gasteiger partial charge < -0.3 is 4.74 Å². The molecule has 2 aromatic rings. The molecule has 0 amide bonds. The van der Waals surface area contributed by atoms with E-state index in [0.717, 1.165) is 17.3 Å². The molecule has 0 unspecified atom stereocenters. The lowest BCUT2D eigenvalue weighted by molar-refractivity contribution is 0.103. The maximum Gasteiger partial charge on any atom is 0.241 e. The molecule has 108 valence electrons. The van der Waals surface area contributed by atoms with Gasteiger partial charge in [0.1, 0.15) is 12.4 Å². The molecule has 0 spiro atoms. The summed E-state index contributed by atoms with van der Waals surface area (Å²) in [7, 11) is 0. The van der Waals surface area contributed by atoms with Crippen LogP contribution >= 0.6 is 46.6 Å². The molecule has 1 heterocycles. The SMILES string of the molecule is O=C1c2ccccc2COc2ccc(SC(Cl)(Cl)Cl)cc21. The van der Waals surface area contributed by atoms with Crippen LogP contribution in [0.5, 0.6) is 5.75 Å². The first-order valence-electron chi connectivity index (χ1n) is 6.09. The Morgan fingerprint density at radius 3 is 2.57 bits per heavy atom. The van der Waals surface area contributed by atoms with Crippen LogP contribution in [0.1, 0.15) is 21.5 Å². The molecule has 0 N–H and O–H groups in total. The normalized spacial score (nSPS) is 14.0. The largest absolute Gasteiger partial charge is 0.488 e. The van der Waals surface area contributed by atoms with Crippen LogP contribution in [0.4, 0.5) is 0 Å². The minimum atomic E-state index is -1.47. The second kappa shape index (κ2) is 5.73. The average molecular weight is 360 g/mol.